The molecule has 4 aromatic rings. The number of aromatic nitrogens is 1. The van der Waals surface area contributed by atoms with Crippen molar-refractivity contribution in [1.82, 2.24) is 10.3 Å². The van der Waals surface area contributed by atoms with Crippen molar-refractivity contribution >= 4 is 23.4 Å². The average molecular weight is 629 g/mol. The molecule has 1 aromatic heterocycles. The van der Waals surface area contributed by atoms with Gasteiger partial charge in [-0.2, -0.15) is 0 Å². The molecule has 0 saturated heterocycles. The van der Waals surface area contributed by atoms with Crippen molar-refractivity contribution in [3.63, 3.8) is 0 Å². The smallest absolute Gasteiger partial charge is 0.255 e. The summed E-state index contributed by atoms with van der Waals surface area (Å²) >= 11 is 0. The summed E-state index contributed by atoms with van der Waals surface area (Å²) in [6, 6.07) is 26.0. The van der Waals surface area contributed by atoms with Gasteiger partial charge in [0.1, 0.15) is 23.9 Å². The zero-order valence-electron chi connectivity index (χ0n) is 26.5. The maximum atomic E-state index is 14.1. The van der Waals surface area contributed by atoms with Gasteiger partial charge in [0.25, 0.3) is 11.8 Å². The minimum Gasteiger partial charge on any atom is -0.496 e. The number of ether oxygens (including phenoxy) is 2. The van der Waals surface area contributed by atoms with Crippen molar-refractivity contribution in [3.8, 4) is 11.5 Å². The fraction of sp³-hybridized carbons (Fsp3) is 0.211. The predicted molar refractivity (Wildman–Crippen MR) is 179 cm³/mol. The molecule has 2 atom stereocenters. The Hall–Kier alpha value is -5.70. The van der Waals surface area contributed by atoms with Crippen LogP contribution in [0.1, 0.15) is 64.2 Å². The molecule has 9 heteroatoms. The normalized spacial score (nSPS) is 17.5. The van der Waals surface area contributed by atoms with E-state index in [0.717, 1.165) is 22.4 Å². The summed E-state index contributed by atoms with van der Waals surface area (Å²) in [5.74, 6) is -0.310. The number of Topliss-reactive ketones (excluding diaryl/α,β-unsaturated/α-hetero) is 1. The van der Waals surface area contributed by atoms with E-state index in [9.17, 15) is 14.4 Å². The van der Waals surface area contributed by atoms with Crippen molar-refractivity contribution in [1.29, 1.82) is 0 Å². The lowest BCUT2D eigenvalue weighted by molar-refractivity contribution is -0.116. The topological polar surface area (TPSA) is 133 Å². The Morgan fingerprint density at radius 3 is 2.43 bits per heavy atom. The number of anilines is 1. The molecule has 2 aliphatic rings. The summed E-state index contributed by atoms with van der Waals surface area (Å²) in [6.07, 6.45) is 2.64. The molecule has 3 aromatic carbocycles. The van der Waals surface area contributed by atoms with Crippen LogP contribution in [-0.4, -0.2) is 29.7 Å². The Morgan fingerprint density at radius 1 is 0.936 bits per heavy atom. The lowest BCUT2D eigenvalue weighted by Crippen LogP contribution is -2.37. The number of primary amides is 1. The highest BCUT2D eigenvalue weighted by Crippen LogP contribution is 2.46. The van der Waals surface area contributed by atoms with Gasteiger partial charge in [0.05, 0.1) is 12.7 Å². The van der Waals surface area contributed by atoms with Crippen molar-refractivity contribution < 1.29 is 23.9 Å². The Labute approximate surface area is 273 Å². The summed E-state index contributed by atoms with van der Waals surface area (Å²) in [5.41, 5.74) is 11.8. The van der Waals surface area contributed by atoms with Crippen molar-refractivity contribution in [2.45, 2.75) is 45.1 Å². The number of para-hydroxylation sites is 1. The van der Waals surface area contributed by atoms with Gasteiger partial charge >= 0.3 is 0 Å². The van der Waals surface area contributed by atoms with Gasteiger partial charge in [-0.1, -0.05) is 54.6 Å². The quantitative estimate of drug-likeness (QED) is 0.205. The van der Waals surface area contributed by atoms with E-state index in [1.807, 2.05) is 68.4 Å². The molecule has 1 aliphatic carbocycles. The Kier molecular flexibility index (Phi) is 8.88. The molecule has 4 N–H and O–H groups in total. The fourth-order valence-electron chi connectivity index (χ4n) is 6.40. The van der Waals surface area contributed by atoms with Crippen LogP contribution in [-0.2, 0) is 16.2 Å². The summed E-state index contributed by atoms with van der Waals surface area (Å²) < 4.78 is 11.7. The number of allylic oxidation sites excluding steroid dienone is 3. The van der Waals surface area contributed by atoms with Gasteiger partial charge < -0.3 is 25.8 Å². The molecule has 0 bridgehead atoms. The number of amides is 2. The highest BCUT2D eigenvalue weighted by molar-refractivity contribution is 6.09. The van der Waals surface area contributed by atoms with Gasteiger partial charge in [-0.15, -0.1) is 0 Å². The van der Waals surface area contributed by atoms with Crippen LogP contribution in [0.15, 0.2) is 114 Å². The number of dihydropyridines is 1. The van der Waals surface area contributed by atoms with Crippen molar-refractivity contribution in [2.24, 2.45) is 5.73 Å². The van der Waals surface area contributed by atoms with Crippen LogP contribution >= 0.6 is 0 Å². The van der Waals surface area contributed by atoms with Crippen molar-refractivity contribution in [2.75, 3.05) is 12.4 Å². The van der Waals surface area contributed by atoms with Crippen LogP contribution < -0.4 is 25.8 Å². The zero-order chi connectivity index (χ0) is 33.1. The number of benzene rings is 3. The Morgan fingerprint density at radius 2 is 1.70 bits per heavy atom. The van der Waals surface area contributed by atoms with Crippen molar-refractivity contribution in [3.05, 3.63) is 141 Å². The van der Waals surface area contributed by atoms with E-state index in [-0.39, 0.29) is 29.8 Å². The maximum Gasteiger partial charge on any atom is 0.255 e. The third-order valence-corrected chi connectivity index (χ3v) is 8.67. The molecule has 47 heavy (non-hydrogen) atoms. The second-order valence-electron chi connectivity index (χ2n) is 11.8. The third-order valence-electron chi connectivity index (χ3n) is 8.67. The number of nitrogens with two attached hydrogens (primary N) is 1. The summed E-state index contributed by atoms with van der Waals surface area (Å²) in [4.78, 5) is 44.6. The number of methoxy groups -OCH3 is 1. The van der Waals surface area contributed by atoms with E-state index < -0.39 is 11.8 Å². The number of hydrogen-bond donors (Lipinski definition) is 3. The van der Waals surface area contributed by atoms with Gasteiger partial charge in [0.15, 0.2) is 5.78 Å². The second-order valence-corrected chi connectivity index (χ2v) is 11.8. The van der Waals surface area contributed by atoms with Gasteiger partial charge in [-0.25, -0.2) is 4.98 Å². The van der Waals surface area contributed by atoms with Gasteiger partial charge in [0.2, 0.25) is 0 Å². The van der Waals surface area contributed by atoms with Crippen LogP contribution in [0.2, 0.25) is 0 Å². The van der Waals surface area contributed by atoms with Crippen LogP contribution in [0.4, 0.5) is 5.82 Å². The van der Waals surface area contributed by atoms with Gasteiger partial charge in [-0.05, 0) is 73.2 Å². The first-order valence-corrected chi connectivity index (χ1v) is 15.4. The standard InChI is InChI=1S/C38H36N4O5/c1-22-13-16-33(40-20-22)42-38(45)34-23(2)41-29-18-26(24-9-5-4-6-10-24)19-30(43)36(29)35(34)25-14-15-31(46-3)27(17-25)21-47-32-12-8-7-11-28(32)37(39)44/h4-17,20,26,35,41H,18-19,21H2,1-3H3,(H2,39,44)(H,40,42,45)/t26-,35+/m0/s1. The van der Waals surface area contributed by atoms with Gasteiger partial charge in [0, 0.05) is 46.6 Å². The fourth-order valence-corrected chi connectivity index (χ4v) is 6.40. The summed E-state index contributed by atoms with van der Waals surface area (Å²) in [7, 11) is 1.56. The van der Waals surface area contributed by atoms with E-state index in [1.165, 1.54) is 0 Å². The van der Waals surface area contributed by atoms with E-state index in [1.54, 1.807) is 43.6 Å². The number of ketones is 1. The average Bonchev–Trinajstić information content (AvgIpc) is 3.08. The number of pyridine rings is 1. The Bertz CT molecular complexity index is 1910. The lowest BCUT2D eigenvalue weighted by atomic mass is 9.71. The predicted octanol–water partition coefficient (Wildman–Crippen LogP) is 6.08. The van der Waals surface area contributed by atoms with E-state index >= 15 is 0 Å². The molecule has 0 radical (unpaired) electrons. The van der Waals surface area contributed by atoms with Crippen LogP contribution in [0.5, 0.6) is 11.5 Å². The number of aryl methyl sites for hydroxylation is 1. The van der Waals surface area contributed by atoms with E-state index in [2.05, 4.69) is 15.6 Å². The number of carbonyl (C=O) groups is 3. The first kappa shape index (κ1) is 31.3. The molecular weight excluding hydrogens is 592 g/mol. The molecule has 9 nitrogen and oxygen atoms in total. The summed E-state index contributed by atoms with van der Waals surface area (Å²) in [5, 5.41) is 6.38. The van der Waals surface area contributed by atoms with E-state index in [0.29, 0.717) is 52.6 Å². The molecule has 1 aliphatic heterocycles. The number of rotatable bonds is 9. The van der Waals surface area contributed by atoms with Crippen LogP contribution in [0.3, 0.4) is 0 Å². The lowest BCUT2D eigenvalue weighted by Gasteiger charge is -2.37. The molecule has 2 amide bonds. The second kappa shape index (κ2) is 13.3. The molecule has 0 spiro atoms. The monoisotopic (exact) mass is 628 g/mol. The van der Waals surface area contributed by atoms with Crippen LogP contribution in [0, 0.1) is 6.92 Å². The number of hydrogen-bond acceptors (Lipinski definition) is 7. The summed E-state index contributed by atoms with van der Waals surface area (Å²) in [6.45, 7) is 3.84. The van der Waals surface area contributed by atoms with E-state index in [4.69, 9.17) is 15.2 Å². The molecule has 0 unspecified atom stereocenters. The minimum absolute atomic E-state index is 0.0145. The Balaban J connectivity index is 1.41. The molecule has 2 heterocycles. The minimum atomic E-state index is -0.663. The molecule has 0 fully saturated rings. The number of nitrogens with zero attached hydrogens (tertiary/aromatic N) is 1. The molecular formula is C38H36N4O5. The third kappa shape index (κ3) is 6.51. The highest BCUT2D eigenvalue weighted by atomic mass is 16.5. The number of nitrogens with one attached hydrogen (secondary N) is 2. The maximum absolute atomic E-state index is 14.1. The molecule has 238 valence electrons. The first-order chi connectivity index (χ1) is 22.7. The first-order valence-electron chi connectivity index (χ1n) is 15.4. The highest BCUT2D eigenvalue weighted by Gasteiger charge is 2.41. The van der Waals surface area contributed by atoms with Crippen LogP contribution in [0.25, 0.3) is 0 Å². The van der Waals surface area contributed by atoms with Gasteiger partial charge in [-0.3, -0.25) is 14.4 Å². The zero-order valence-corrected chi connectivity index (χ0v) is 26.5. The molecule has 6 rings (SSSR count). The molecule has 0 saturated carbocycles. The SMILES string of the molecule is COc1ccc([C@@H]2C(C(=O)Nc3ccc(C)cn3)=C(C)NC3=C2C(=O)C[C@@H](c2ccccc2)C3)cc1COc1ccccc1C(N)=O. The number of carbonyl (C=O) groups excluding carboxylic acids is 3. The largest absolute Gasteiger partial charge is 0.496 e.